The molecule has 0 heterocycles. The number of phenolic OH excluding ortho intramolecular Hbond substituents is 1. The molecule has 0 aliphatic carbocycles. The maximum Gasteiger partial charge on any atom is 0.243 e. The van der Waals surface area contributed by atoms with Gasteiger partial charge in [-0.25, -0.2) is 0 Å². The van der Waals surface area contributed by atoms with E-state index in [0.717, 1.165) is 11.1 Å². The van der Waals surface area contributed by atoms with E-state index in [1.165, 1.54) is 6.92 Å². The van der Waals surface area contributed by atoms with E-state index < -0.39 is 17.6 Å². The molecule has 8 nitrogen and oxygen atoms in total. The molecular weight excluding hydrogens is 408 g/mol. The molecule has 0 aromatic heterocycles. The van der Waals surface area contributed by atoms with Crippen molar-refractivity contribution in [2.24, 2.45) is 5.73 Å². The maximum absolute atomic E-state index is 12.7. The van der Waals surface area contributed by atoms with E-state index in [1.807, 2.05) is 30.3 Å². The number of aromatic hydroxyl groups is 1. The molecule has 172 valence electrons. The summed E-state index contributed by atoms with van der Waals surface area (Å²) in [6.07, 6.45) is 0.673. The van der Waals surface area contributed by atoms with Crippen molar-refractivity contribution < 1.29 is 19.5 Å². The highest BCUT2D eigenvalue weighted by molar-refractivity contribution is 5.87. The number of hydrogen-bond donors (Lipinski definition) is 5. The predicted octanol–water partition coefficient (Wildman–Crippen LogP) is 1.02. The minimum atomic E-state index is -0.778. The number of nitrogens with two attached hydrogens (primary N) is 1. The molecule has 32 heavy (non-hydrogen) atoms. The lowest BCUT2D eigenvalue weighted by Gasteiger charge is -2.29. The Morgan fingerprint density at radius 2 is 1.53 bits per heavy atom. The van der Waals surface area contributed by atoms with Gasteiger partial charge >= 0.3 is 0 Å². The molecule has 2 aromatic carbocycles. The van der Waals surface area contributed by atoms with Crippen LogP contribution in [0.5, 0.6) is 5.75 Å². The summed E-state index contributed by atoms with van der Waals surface area (Å²) in [6.45, 7) is 5.09. The van der Waals surface area contributed by atoms with E-state index in [0.29, 0.717) is 12.8 Å². The van der Waals surface area contributed by atoms with Crippen molar-refractivity contribution in [3.05, 3.63) is 65.7 Å². The summed E-state index contributed by atoms with van der Waals surface area (Å²) in [5, 5.41) is 17.7. The van der Waals surface area contributed by atoms with E-state index in [-0.39, 0.29) is 30.0 Å². The van der Waals surface area contributed by atoms with Crippen LogP contribution >= 0.6 is 0 Å². The van der Waals surface area contributed by atoms with Gasteiger partial charge in [0.2, 0.25) is 17.7 Å². The minimum absolute atomic E-state index is 0.147. The average Bonchev–Trinajstić information content (AvgIpc) is 2.73. The Morgan fingerprint density at radius 3 is 2.12 bits per heavy atom. The van der Waals surface area contributed by atoms with Crippen molar-refractivity contribution in [1.29, 1.82) is 0 Å². The molecular formula is C24H32N4O4. The van der Waals surface area contributed by atoms with Crippen molar-refractivity contribution in [2.45, 2.75) is 51.2 Å². The van der Waals surface area contributed by atoms with Crippen LogP contribution in [-0.4, -0.2) is 47.0 Å². The Hall–Kier alpha value is -3.39. The number of carbonyl (C=O) groups is 3. The van der Waals surface area contributed by atoms with E-state index in [4.69, 9.17) is 5.73 Å². The predicted molar refractivity (Wildman–Crippen MR) is 123 cm³/mol. The molecule has 2 rings (SSSR count). The van der Waals surface area contributed by atoms with Gasteiger partial charge in [-0.2, -0.15) is 0 Å². The third-order valence-electron chi connectivity index (χ3n) is 4.87. The number of phenols is 1. The first-order chi connectivity index (χ1) is 15.1. The van der Waals surface area contributed by atoms with Crippen molar-refractivity contribution in [3.63, 3.8) is 0 Å². The van der Waals surface area contributed by atoms with Crippen LogP contribution in [0.2, 0.25) is 0 Å². The Kier molecular flexibility index (Phi) is 8.78. The molecule has 2 aromatic rings. The van der Waals surface area contributed by atoms with Crippen LogP contribution < -0.4 is 21.7 Å². The van der Waals surface area contributed by atoms with Gasteiger partial charge in [0.1, 0.15) is 11.8 Å². The quantitative estimate of drug-likeness (QED) is 0.376. The van der Waals surface area contributed by atoms with Crippen molar-refractivity contribution in [3.8, 4) is 5.75 Å². The summed E-state index contributed by atoms with van der Waals surface area (Å²) < 4.78 is 0. The second-order valence-electron chi connectivity index (χ2n) is 8.51. The van der Waals surface area contributed by atoms with Crippen LogP contribution in [0.4, 0.5) is 0 Å². The van der Waals surface area contributed by atoms with Crippen LogP contribution in [0.1, 0.15) is 31.9 Å². The Bertz CT molecular complexity index is 913. The Labute approximate surface area is 188 Å². The van der Waals surface area contributed by atoms with Gasteiger partial charge in [0.05, 0.1) is 11.6 Å². The second-order valence-corrected chi connectivity index (χ2v) is 8.51. The zero-order chi connectivity index (χ0) is 23.7. The van der Waals surface area contributed by atoms with Crippen LogP contribution in [0, 0.1) is 0 Å². The molecule has 2 atom stereocenters. The highest BCUT2D eigenvalue weighted by Crippen LogP contribution is 2.11. The van der Waals surface area contributed by atoms with Gasteiger partial charge in [-0.05, 0) is 43.5 Å². The van der Waals surface area contributed by atoms with E-state index in [2.05, 4.69) is 16.0 Å². The van der Waals surface area contributed by atoms with E-state index in [1.54, 1.807) is 38.1 Å². The zero-order valence-corrected chi connectivity index (χ0v) is 18.7. The first kappa shape index (κ1) is 24.9. The van der Waals surface area contributed by atoms with Gasteiger partial charge in [0, 0.05) is 19.9 Å². The lowest BCUT2D eigenvalue weighted by Crippen LogP contribution is -2.57. The fraction of sp³-hybridized carbons (Fsp3) is 0.375. The summed E-state index contributed by atoms with van der Waals surface area (Å²) in [7, 11) is 0. The smallest absolute Gasteiger partial charge is 0.243 e. The molecule has 0 aliphatic rings. The third kappa shape index (κ3) is 8.39. The van der Waals surface area contributed by atoms with Gasteiger partial charge in [-0.1, -0.05) is 42.5 Å². The monoisotopic (exact) mass is 440 g/mol. The number of amides is 3. The topological polar surface area (TPSA) is 134 Å². The van der Waals surface area contributed by atoms with Crippen molar-refractivity contribution >= 4 is 17.7 Å². The van der Waals surface area contributed by atoms with Gasteiger partial charge in [-0.15, -0.1) is 0 Å². The molecule has 3 amide bonds. The summed E-state index contributed by atoms with van der Waals surface area (Å²) in [5.74, 6) is -0.831. The summed E-state index contributed by atoms with van der Waals surface area (Å²) in [6, 6.07) is 14.4. The molecule has 0 fully saturated rings. The molecule has 6 N–H and O–H groups in total. The maximum atomic E-state index is 12.7. The second kappa shape index (κ2) is 11.3. The number of carbonyl (C=O) groups excluding carboxylic acids is 3. The molecule has 8 heteroatoms. The summed E-state index contributed by atoms with van der Waals surface area (Å²) in [4.78, 5) is 36.8. The van der Waals surface area contributed by atoms with Crippen LogP contribution in [0.3, 0.4) is 0 Å². The first-order valence-electron chi connectivity index (χ1n) is 10.5. The molecule has 0 saturated heterocycles. The largest absolute Gasteiger partial charge is 0.508 e. The molecule has 0 aliphatic heterocycles. The Balaban J connectivity index is 1.91. The highest BCUT2D eigenvalue weighted by atomic mass is 16.3. The van der Waals surface area contributed by atoms with Crippen LogP contribution in [-0.2, 0) is 27.2 Å². The first-order valence-corrected chi connectivity index (χ1v) is 10.5. The van der Waals surface area contributed by atoms with Gasteiger partial charge < -0.3 is 26.8 Å². The fourth-order valence-electron chi connectivity index (χ4n) is 3.18. The van der Waals surface area contributed by atoms with Crippen LogP contribution in [0.25, 0.3) is 0 Å². The summed E-state index contributed by atoms with van der Waals surface area (Å²) >= 11 is 0. The molecule has 0 saturated carbocycles. The van der Waals surface area contributed by atoms with E-state index in [9.17, 15) is 19.5 Å². The van der Waals surface area contributed by atoms with Crippen molar-refractivity contribution in [1.82, 2.24) is 16.0 Å². The summed E-state index contributed by atoms with van der Waals surface area (Å²) in [5.41, 5.74) is 7.03. The van der Waals surface area contributed by atoms with Gasteiger partial charge in [-0.3, -0.25) is 14.4 Å². The molecule has 0 unspecified atom stereocenters. The third-order valence-corrected chi connectivity index (χ3v) is 4.87. The van der Waals surface area contributed by atoms with Crippen molar-refractivity contribution in [2.75, 3.05) is 6.54 Å². The molecule has 0 bridgehead atoms. The number of nitrogens with one attached hydrogen (secondary N) is 3. The SMILES string of the molecule is CC(=O)N[C@@H](Cc1ccccc1)C(=O)NCC(C)(C)NC(=O)[C@@H](N)Cc1ccc(O)cc1. The van der Waals surface area contributed by atoms with Gasteiger partial charge in [0.25, 0.3) is 0 Å². The number of hydrogen-bond acceptors (Lipinski definition) is 5. The number of rotatable bonds is 10. The van der Waals surface area contributed by atoms with E-state index >= 15 is 0 Å². The Morgan fingerprint density at radius 1 is 0.938 bits per heavy atom. The normalized spacial score (nSPS) is 13.0. The van der Waals surface area contributed by atoms with Crippen LogP contribution in [0.15, 0.2) is 54.6 Å². The average molecular weight is 441 g/mol. The molecule has 0 radical (unpaired) electrons. The minimum Gasteiger partial charge on any atom is -0.508 e. The zero-order valence-electron chi connectivity index (χ0n) is 18.7. The molecule has 0 spiro atoms. The standard InChI is InChI=1S/C24H32N4O4/c1-16(29)27-21(14-17-7-5-4-6-8-17)23(32)26-15-24(2,3)28-22(31)20(25)13-18-9-11-19(30)12-10-18/h4-12,20-21,30H,13-15,25H2,1-3H3,(H,26,32)(H,27,29)(H,28,31)/t20-,21-/m0/s1. The fourth-order valence-corrected chi connectivity index (χ4v) is 3.18. The lowest BCUT2D eigenvalue weighted by molar-refractivity contribution is -0.128. The van der Waals surface area contributed by atoms with Gasteiger partial charge in [0.15, 0.2) is 0 Å². The number of benzene rings is 2. The lowest BCUT2D eigenvalue weighted by atomic mass is 10.0. The highest BCUT2D eigenvalue weighted by Gasteiger charge is 2.27.